The van der Waals surface area contributed by atoms with Crippen molar-refractivity contribution in [3.8, 4) is 11.5 Å². The molecule has 0 aliphatic rings. The second kappa shape index (κ2) is 5.93. The Morgan fingerprint density at radius 1 is 1.30 bits per heavy atom. The third kappa shape index (κ3) is 3.09. The van der Waals surface area contributed by atoms with E-state index in [4.69, 9.17) is 9.47 Å². The van der Waals surface area contributed by atoms with E-state index in [1.165, 1.54) is 20.3 Å². The smallest absolute Gasteiger partial charge is 0.244 e. The summed E-state index contributed by atoms with van der Waals surface area (Å²) < 4.78 is 37.2. The Hall–Kier alpha value is -2.06. The Kier molecular flexibility index (Phi) is 4.26. The predicted molar refractivity (Wildman–Crippen MR) is 72.2 cm³/mol. The highest BCUT2D eigenvalue weighted by molar-refractivity contribution is 7.89. The quantitative estimate of drug-likeness (QED) is 0.826. The number of sulfonamides is 1. The molecule has 0 spiro atoms. The number of nitrogens with zero attached hydrogens (tertiary/aromatic N) is 1. The minimum absolute atomic E-state index is 0.0304. The lowest BCUT2D eigenvalue weighted by Crippen LogP contribution is -2.23. The molecular formula is C12H15N3O4S. The minimum Gasteiger partial charge on any atom is -0.497 e. The topological polar surface area (TPSA) is 93.3 Å². The summed E-state index contributed by atoms with van der Waals surface area (Å²) in [7, 11) is -0.825. The van der Waals surface area contributed by atoms with Crippen LogP contribution in [0.15, 0.2) is 35.5 Å². The lowest BCUT2D eigenvalue weighted by Gasteiger charge is -2.11. The van der Waals surface area contributed by atoms with E-state index in [1.807, 2.05) is 0 Å². The second-order valence-electron chi connectivity index (χ2n) is 3.95. The highest BCUT2D eigenvalue weighted by Gasteiger charge is 2.20. The number of hydrogen-bond donors (Lipinski definition) is 2. The lowest BCUT2D eigenvalue weighted by atomic mass is 10.3. The zero-order valence-corrected chi connectivity index (χ0v) is 11.9. The summed E-state index contributed by atoms with van der Waals surface area (Å²) >= 11 is 0. The number of aromatic nitrogens is 2. The molecule has 0 aliphatic heterocycles. The molecule has 0 saturated carbocycles. The summed E-state index contributed by atoms with van der Waals surface area (Å²) in [6, 6.07) is 4.59. The Labute approximate surface area is 117 Å². The molecule has 0 fully saturated rings. The molecule has 7 nitrogen and oxygen atoms in total. The third-order valence-electron chi connectivity index (χ3n) is 2.68. The molecular weight excluding hydrogens is 282 g/mol. The van der Waals surface area contributed by atoms with Crippen LogP contribution >= 0.6 is 0 Å². The van der Waals surface area contributed by atoms with Crippen LogP contribution in [0, 0.1) is 0 Å². The average molecular weight is 297 g/mol. The van der Waals surface area contributed by atoms with Crippen LogP contribution in [-0.2, 0) is 16.6 Å². The van der Waals surface area contributed by atoms with E-state index in [-0.39, 0.29) is 17.2 Å². The molecule has 0 saturated heterocycles. The van der Waals surface area contributed by atoms with E-state index in [2.05, 4.69) is 14.9 Å². The summed E-state index contributed by atoms with van der Waals surface area (Å²) in [5.74, 6) is 0.694. The van der Waals surface area contributed by atoms with Crippen molar-refractivity contribution < 1.29 is 17.9 Å². The van der Waals surface area contributed by atoms with Crippen molar-refractivity contribution in [2.45, 2.75) is 11.4 Å². The summed E-state index contributed by atoms with van der Waals surface area (Å²) in [4.78, 5) is 0.0304. The van der Waals surface area contributed by atoms with Gasteiger partial charge in [0.15, 0.2) is 0 Å². The van der Waals surface area contributed by atoms with Gasteiger partial charge in [-0.1, -0.05) is 0 Å². The van der Waals surface area contributed by atoms with Crippen LogP contribution < -0.4 is 14.2 Å². The summed E-state index contributed by atoms with van der Waals surface area (Å²) in [5.41, 5.74) is 0.732. The molecule has 0 radical (unpaired) electrons. The first-order valence-electron chi connectivity index (χ1n) is 5.76. The first-order chi connectivity index (χ1) is 9.56. The molecule has 0 atom stereocenters. The number of benzene rings is 1. The van der Waals surface area contributed by atoms with Gasteiger partial charge in [-0.25, -0.2) is 13.1 Å². The third-order valence-corrected chi connectivity index (χ3v) is 4.10. The van der Waals surface area contributed by atoms with Crippen molar-refractivity contribution in [1.82, 2.24) is 14.9 Å². The first kappa shape index (κ1) is 14.4. The van der Waals surface area contributed by atoms with Crippen LogP contribution in [0.25, 0.3) is 0 Å². The minimum atomic E-state index is -3.71. The van der Waals surface area contributed by atoms with Crippen LogP contribution in [0.4, 0.5) is 0 Å². The fraction of sp³-hybridized carbons (Fsp3) is 0.250. The van der Waals surface area contributed by atoms with Crippen molar-refractivity contribution in [1.29, 1.82) is 0 Å². The van der Waals surface area contributed by atoms with Crippen LogP contribution in [0.1, 0.15) is 5.56 Å². The largest absolute Gasteiger partial charge is 0.497 e. The van der Waals surface area contributed by atoms with Crippen molar-refractivity contribution in [2.75, 3.05) is 14.2 Å². The summed E-state index contributed by atoms with van der Waals surface area (Å²) in [5, 5.41) is 6.37. The molecule has 0 amide bonds. The van der Waals surface area contributed by atoms with Gasteiger partial charge in [0, 0.05) is 24.4 Å². The van der Waals surface area contributed by atoms with E-state index in [9.17, 15) is 8.42 Å². The number of hydrogen-bond acceptors (Lipinski definition) is 5. The number of nitrogens with one attached hydrogen (secondary N) is 2. The van der Waals surface area contributed by atoms with Gasteiger partial charge in [-0.3, -0.25) is 5.10 Å². The maximum absolute atomic E-state index is 12.3. The maximum atomic E-state index is 12.3. The molecule has 2 aromatic rings. The number of H-pyrrole nitrogens is 1. The predicted octanol–water partition coefficient (Wildman–Crippen LogP) is 0.905. The van der Waals surface area contributed by atoms with Gasteiger partial charge in [0.05, 0.1) is 20.4 Å². The molecule has 8 heteroatoms. The van der Waals surface area contributed by atoms with Crippen LogP contribution in [0.3, 0.4) is 0 Å². The van der Waals surface area contributed by atoms with Gasteiger partial charge in [0.2, 0.25) is 10.0 Å². The van der Waals surface area contributed by atoms with Crippen molar-refractivity contribution >= 4 is 10.0 Å². The normalized spacial score (nSPS) is 11.3. The molecule has 1 heterocycles. The molecule has 0 bridgehead atoms. The SMILES string of the molecule is COc1ccc(OC)c(S(=O)(=O)NCc2cn[nH]c2)c1. The van der Waals surface area contributed by atoms with Gasteiger partial charge in [-0.05, 0) is 12.1 Å². The van der Waals surface area contributed by atoms with Crippen LogP contribution in [-0.4, -0.2) is 32.8 Å². The number of aromatic amines is 1. The summed E-state index contributed by atoms with van der Waals surface area (Å²) in [6.07, 6.45) is 3.16. The fourth-order valence-electron chi connectivity index (χ4n) is 1.62. The fourth-order valence-corrected chi connectivity index (χ4v) is 2.82. The highest BCUT2D eigenvalue weighted by Crippen LogP contribution is 2.28. The van der Waals surface area contributed by atoms with Crippen LogP contribution in [0.2, 0.25) is 0 Å². The molecule has 1 aromatic carbocycles. The molecule has 0 unspecified atom stereocenters. The van der Waals surface area contributed by atoms with Gasteiger partial charge in [0.25, 0.3) is 0 Å². The standard InChI is InChI=1S/C12H15N3O4S/c1-18-10-3-4-11(19-2)12(5-10)20(16,17)15-8-9-6-13-14-7-9/h3-7,15H,8H2,1-2H3,(H,13,14). The number of ether oxygens (including phenoxy) is 2. The number of rotatable bonds is 6. The Balaban J connectivity index is 2.28. The molecule has 2 rings (SSSR count). The molecule has 2 N–H and O–H groups in total. The van der Waals surface area contributed by atoms with Crippen molar-refractivity contribution in [3.05, 3.63) is 36.2 Å². The average Bonchev–Trinajstić information content (AvgIpc) is 2.98. The first-order valence-corrected chi connectivity index (χ1v) is 7.24. The highest BCUT2D eigenvalue weighted by atomic mass is 32.2. The van der Waals surface area contributed by atoms with Gasteiger partial charge in [-0.15, -0.1) is 0 Å². The van der Waals surface area contributed by atoms with Crippen molar-refractivity contribution in [3.63, 3.8) is 0 Å². The zero-order valence-electron chi connectivity index (χ0n) is 11.1. The van der Waals surface area contributed by atoms with E-state index < -0.39 is 10.0 Å². The van der Waals surface area contributed by atoms with Gasteiger partial charge < -0.3 is 9.47 Å². The molecule has 20 heavy (non-hydrogen) atoms. The lowest BCUT2D eigenvalue weighted by molar-refractivity contribution is 0.392. The van der Waals surface area contributed by atoms with Crippen molar-refractivity contribution in [2.24, 2.45) is 0 Å². The van der Waals surface area contributed by atoms with E-state index in [0.29, 0.717) is 5.75 Å². The Morgan fingerprint density at radius 3 is 2.70 bits per heavy atom. The van der Waals surface area contributed by atoms with Gasteiger partial charge >= 0.3 is 0 Å². The van der Waals surface area contributed by atoms with E-state index >= 15 is 0 Å². The second-order valence-corrected chi connectivity index (χ2v) is 5.68. The summed E-state index contributed by atoms with van der Waals surface area (Å²) in [6.45, 7) is 0.138. The Morgan fingerprint density at radius 2 is 2.10 bits per heavy atom. The van der Waals surface area contributed by atoms with Gasteiger partial charge in [-0.2, -0.15) is 5.10 Å². The van der Waals surface area contributed by atoms with Crippen LogP contribution in [0.5, 0.6) is 11.5 Å². The van der Waals surface area contributed by atoms with Gasteiger partial charge in [0.1, 0.15) is 16.4 Å². The molecule has 1 aromatic heterocycles. The maximum Gasteiger partial charge on any atom is 0.244 e. The Bertz CT molecular complexity index is 668. The molecule has 0 aliphatic carbocycles. The van der Waals surface area contributed by atoms with E-state index in [0.717, 1.165) is 5.56 Å². The number of methoxy groups -OCH3 is 2. The van der Waals surface area contributed by atoms with E-state index in [1.54, 1.807) is 24.5 Å². The molecule has 108 valence electrons. The zero-order chi connectivity index (χ0) is 14.6. The monoisotopic (exact) mass is 297 g/mol.